The van der Waals surface area contributed by atoms with Crippen LogP contribution in [0, 0.1) is 10.1 Å². The van der Waals surface area contributed by atoms with Gasteiger partial charge in [-0.2, -0.15) is 10.1 Å². The molecule has 0 amide bonds. The third-order valence-corrected chi connectivity index (χ3v) is 2.70. The molecule has 0 bridgehead atoms. The van der Waals surface area contributed by atoms with Crippen LogP contribution >= 0.6 is 0 Å². The Morgan fingerprint density at radius 1 is 1.52 bits per heavy atom. The molecule has 2 aromatic rings. The number of hydrogen-bond acceptors (Lipinski definition) is 7. The van der Waals surface area contributed by atoms with E-state index in [9.17, 15) is 10.1 Å². The Bertz CT molecular complexity index is 600. The van der Waals surface area contributed by atoms with Crippen molar-refractivity contribution >= 4 is 17.5 Å². The van der Waals surface area contributed by atoms with Gasteiger partial charge in [0.1, 0.15) is 6.20 Å². The highest BCUT2D eigenvalue weighted by molar-refractivity contribution is 5.57. The molecule has 1 atom stereocenters. The summed E-state index contributed by atoms with van der Waals surface area (Å²) in [6.45, 7) is 5.02. The Hall–Kier alpha value is -2.71. The van der Waals surface area contributed by atoms with Crippen molar-refractivity contribution in [2.45, 2.75) is 26.4 Å². The van der Waals surface area contributed by atoms with Crippen LogP contribution in [-0.2, 0) is 6.54 Å². The van der Waals surface area contributed by atoms with Crippen LogP contribution < -0.4 is 10.6 Å². The van der Waals surface area contributed by atoms with E-state index in [2.05, 4.69) is 25.7 Å². The summed E-state index contributed by atoms with van der Waals surface area (Å²) in [6, 6.07) is 1.75. The molecule has 0 aliphatic rings. The second-order valence-electron chi connectivity index (χ2n) is 4.49. The standard InChI is InChI=1S/C12H17N7O2/c1-3-13-12-14-7-10(19(20)21)11(17-12)16-9(2)8-18-6-4-5-15-18/h4-7,9H,3,8H2,1-2H3,(H2,13,14,16,17). The zero-order valence-corrected chi connectivity index (χ0v) is 11.9. The molecule has 21 heavy (non-hydrogen) atoms. The molecule has 0 aliphatic heterocycles. The molecule has 0 aromatic carbocycles. The number of rotatable bonds is 7. The third-order valence-electron chi connectivity index (χ3n) is 2.70. The van der Waals surface area contributed by atoms with Crippen LogP contribution in [0.5, 0.6) is 0 Å². The first-order valence-electron chi connectivity index (χ1n) is 6.59. The Morgan fingerprint density at radius 3 is 2.95 bits per heavy atom. The van der Waals surface area contributed by atoms with E-state index < -0.39 is 4.92 Å². The molecule has 112 valence electrons. The summed E-state index contributed by atoms with van der Waals surface area (Å²) in [5.74, 6) is 0.558. The fourth-order valence-corrected chi connectivity index (χ4v) is 1.83. The van der Waals surface area contributed by atoms with Gasteiger partial charge in [0.25, 0.3) is 0 Å². The first kappa shape index (κ1) is 14.7. The molecule has 9 heteroatoms. The Balaban J connectivity index is 2.15. The summed E-state index contributed by atoms with van der Waals surface area (Å²) >= 11 is 0. The molecular formula is C12H17N7O2. The molecule has 2 aromatic heterocycles. The van der Waals surface area contributed by atoms with E-state index in [-0.39, 0.29) is 17.5 Å². The summed E-state index contributed by atoms with van der Waals surface area (Å²) in [5.41, 5.74) is -0.149. The van der Waals surface area contributed by atoms with Gasteiger partial charge in [-0.25, -0.2) is 4.98 Å². The van der Waals surface area contributed by atoms with Crippen LogP contribution in [0.15, 0.2) is 24.7 Å². The SMILES string of the molecule is CCNc1ncc([N+](=O)[O-])c(NC(C)Cn2cccn2)n1. The summed E-state index contributed by atoms with van der Waals surface area (Å²) in [6.07, 6.45) is 4.72. The lowest BCUT2D eigenvalue weighted by molar-refractivity contribution is -0.384. The fraction of sp³-hybridized carbons (Fsp3) is 0.417. The van der Waals surface area contributed by atoms with Crippen LogP contribution in [0.1, 0.15) is 13.8 Å². The van der Waals surface area contributed by atoms with Gasteiger partial charge in [-0.15, -0.1) is 0 Å². The number of nitrogens with zero attached hydrogens (tertiary/aromatic N) is 5. The van der Waals surface area contributed by atoms with Gasteiger partial charge < -0.3 is 10.6 Å². The van der Waals surface area contributed by atoms with Crippen LogP contribution in [0.3, 0.4) is 0 Å². The summed E-state index contributed by atoms with van der Waals surface area (Å²) in [4.78, 5) is 18.6. The molecule has 2 rings (SSSR count). The zero-order chi connectivity index (χ0) is 15.2. The van der Waals surface area contributed by atoms with E-state index in [1.807, 2.05) is 26.1 Å². The van der Waals surface area contributed by atoms with Crippen molar-refractivity contribution in [2.75, 3.05) is 17.2 Å². The number of hydrogen-bond donors (Lipinski definition) is 2. The highest BCUT2D eigenvalue weighted by Gasteiger charge is 2.19. The van der Waals surface area contributed by atoms with E-state index in [1.165, 1.54) is 6.20 Å². The van der Waals surface area contributed by atoms with Crippen molar-refractivity contribution in [3.63, 3.8) is 0 Å². The van der Waals surface area contributed by atoms with Crippen molar-refractivity contribution in [1.82, 2.24) is 19.7 Å². The first-order chi connectivity index (χ1) is 10.1. The van der Waals surface area contributed by atoms with Gasteiger partial charge in [0.2, 0.25) is 11.8 Å². The zero-order valence-electron chi connectivity index (χ0n) is 11.9. The molecule has 0 saturated carbocycles. The smallest absolute Gasteiger partial charge is 0.329 e. The maximum Gasteiger partial charge on any atom is 0.329 e. The van der Waals surface area contributed by atoms with E-state index in [4.69, 9.17) is 0 Å². The molecule has 1 unspecified atom stereocenters. The molecule has 0 saturated heterocycles. The Kier molecular flexibility index (Phi) is 4.64. The van der Waals surface area contributed by atoms with E-state index >= 15 is 0 Å². The Morgan fingerprint density at radius 2 is 2.33 bits per heavy atom. The molecule has 2 N–H and O–H groups in total. The van der Waals surface area contributed by atoms with Crippen LogP contribution in [0.4, 0.5) is 17.5 Å². The van der Waals surface area contributed by atoms with Crippen molar-refractivity contribution in [2.24, 2.45) is 0 Å². The molecule has 2 heterocycles. The normalized spacial score (nSPS) is 11.9. The number of aromatic nitrogens is 4. The molecule has 0 spiro atoms. The van der Waals surface area contributed by atoms with Gasteiger partial charge in [0.15, 0.2) is 0 Å². The maximum absolute atomic E-state index is 11.0. The van der Waals surface area contributed by atoms with Gasteiger partial charge in [-0.05, 0) is 19.9 Å². The average Bonchev–Trinajstić information content (AvgIpc) is 2.91. The minimum Gasteiger partial charge on any atom is -0.360 e. The van der Waals surface area contributed by atoms with Crippen LogP contribution in [0.2, 0.25) is 0 Å². The number of nitrogens with one attached hydrogen (secondary N) is 2. The quantitative estimate of drug-likeness (QED) is 0.587. The predicted octanol–water partition coefficient (Wildman–Crippen LogP) is 1.51. The third kappa shape index (κ3) is 3.88. The molecule has 0 fully saturated rings. The monoisotopic (exact) mass is 291 g/mol. The van der Waals surface area contributed by atoms with Gasteiger partial charge in [0, 0.05) is 25.0 Å². The highest BCUT2D eigenvalue weighted by Crippen LogP contribution is 2.22. The number of nitro groups is 1. The molecule has 0 aliphatic carbocycles. The molecular weight excluding hydrogens is 274 g/mol. The molecule has 0 radical (unpaired) electrons. The van der Waals surface area contributed by atoms with Crippen molar-refractivity contribution in [3.8, 4) is 0 Å². The van der Waals surface area contributed by atoms with Gasteiger partial charge in [0.05, 0.1) is 11.5 Å². The van der Waals surface area contributed by atoms with Crippen molar-refractivity contribution in [3.05, 3.63) is 34.8 Å². The largest absolute Gasteiger partial charge is 0.360 e. The predicted molar refractivity (Wildman–Crippen MR) is 78.2 cm³/mol. The van der Waals surface area contributed by atoms with Gasteiger partial charge in [-0.1, -0.05) is 0 Å². The summed E-state index contributed by atoms with van der Waals surface area (Å²) < 4.78 is 1.75. The summed E-state index contributed by atoms with van der Waals surface area (Å²) in [7, 11) is 0. The lowest BCUT2D eigenvalue weighted by Gasteiger charge is -2.15. The van der Waals surface area contributed by atoms with Crippen LogP contribution in [0.25, 0.3) is 0 Å². The first-order valence-corrected chi connectivity index (χ1v) is 6.59. The van der Waals surface area contributed by atoms with Gasteiger partial charge in [-0.3, -0.25) is 14.8 Å². The second kappa shape index (κ2) is 6.64. The Labute approximate surface area is 121 Å². The van der Waals surface area contributed by atoms with Crippen molar-refractivity contribution in [1.29, 1.82) is 0 Å². The van der Waals surface area contributed by atoms with Gasteiger partial charge >= 0.3 is 5.69 Å². The minimum atomic E-state index is -0.501. The van der Waals surface area contributed by atoms with E-state index in [1.54, 1.807) is 10.9 Å². The topological polar surface area (TPSA) is 111 Å². The summed E-state index contributed by atoms with van der Waals surface area (Å²) in [5, 5.41) is 21.1. The second-order valence-corrected chi connectivity index (χ2v) is 4.49. The minimum absolute atomic E-state index is 0.0759. The lowest BCUT2D eigenvalue weighted by Crippen LogP contribution is -2.23. The molecule has 9 nitrogen and oxygen atoms in total. The van der Waals surface area contributed by atoms with E-state index in [0.717, 1.165) is 0 Å². The highest BCUT2D eigenvalue weighted by atomic mass is 16.6. The maximum atomic E-state index is 11.0. The fourth-order valence-electron chi connectivity index (χ4n) is 1.83. The van der Waals surface area contributed by atoms with E-state index in [0.29, 0.717) is 19.0 Å². The van der Waals surface area contributed by atoms with Crippen LogP contribution in [-0.4, -0.2) is 37.3 Å². The van der Waals surface area contributed by atoms with Crippen molar-refractivity contribution < 1.29 is 4.92 Å². The lowest BCUT2D eigenvalue weighted by atomic mass is 10.3. The number of anilines is 2. The average molecular weight is 291 g/mol.